The minimum absolute atomic E-state index is 0.0140. The van der Waals surface area contributed by atoms with E-state index in [4.69, 9.17) is 10.5 Å². The Kier molecular flexibility index (Phi) is 4.08. The van der Waals surface area contributed by atoms with Gasteiger partial charge in [0.1, 0.15) is 11.6 Å². The van der Waals surface area contributed by atoms with Gasteiger partial charge in [-0.05, 0) is 31.2 Å². The summed E-state index contributed by atoms with van der Waals surface area (Å²) in [5, 5.41) is 7.17. The van der Waals surface area contributed by atoms with Crippen LogP contribution in [0.5, 0.6) is 5.75 Å². The maximum atomic E-state index is 11.9. The zero-order valence-corrected chi connectivity index (χ0v) is 12.9. The number of hydrogen-bond donors (Lipinski definition) is 2. The molecule has 0 aliphatic rings. The monoisotopic (exact) mass is 310 g/mol. The summed E-state index contributed by atoms with van der Waals surface area (Å²) in [6.07, 6.45) is 1.11. The van der Waals surface area contributed by atoms with Crippen LogP contribution in [0.15, 0.2) is 29.2 Å². The molecule has 1 heterocycles. The first-order chi connectivity index (χ1) is 9.88. The number of methoxy groups -OCH3 is 1. The Morgan fingerprint density at radius 1 is 1.33 bits per heavy atom. The number of ether oxygens (including phenoxy) is 1. The van der Waals surface area contributed by atoms with Gasteiger partial charge < -0.3 is 15.8 Å². The predicted molar refractivity (Wildman–Crippen MR) is 81.8 cm³/mol. The molecule has 0 spiro atoms. The van der Waals surface area contributed by atoms with Gasteiger partial charge in [0.25, 0.3) is 0 Å². The first kappa shape index (κ1) is 15.2. The zero-order valence-electron chi connectivity index (χ0n) is 12.1. The van der Waals surface area contributed by atoms with E-state index in [1.165, 1.54) is 4.68 Å². The highest BCUT2D eigenvalue weighted by Crippen LogP contribution is 2.29. The molecule has 0 bridgehead atoms. The second-order valence-corrected chi connectivity index (χ2v) is 6.43. The van der Waals surface area contributed by atoms with Crippen molar-refractivity contribution >= 4 is 21.5 Å². The molecule has 21 heavy (non-hydrogen) atoms. The van der Waals surface area contributed by atoms with Crippen LogP contribution in [0.2, 0.25) is 0 Å². The molecule has 3 N–H and O–H groups in total. The quantitative estimate of drug-likeness (QED) is 0.863. The third-order valence-corrected chi connectivity index (χ3v) is 4.05. The highest BCUT2D eigenvalue weighted by molar-refractivity contribution is 7.91. The molecule has 114 valence electrons. The maximum absolute atomic E-state index is 11.9. The van der Waals surface area contributed by atoms with Gasteiger partial charge in [0.15, 0.2) is 20.6 Å². The van der Waals surface area contributed by atoms with Crippen molar-refractivity contribution in [2.45, 2.75) is 11.8 Å². The molecule has 0 radical (unpaired) electrons. The second kappa shape index (κ2) is 5.65. The van der Waals surface area contributed by atoms with Crippen molar-refractivity contribution in [3.05, 3.63) is 24.3 Å². The molecule has 2 rings (SSSR count). The molecule has 0 aliphatic heterocycles. The van der Waals surface area contributed by atoms with Gasteiger partial charge in [-0.15, -0.1) is 5.10 Å². The Balaban J connectivity index is 2.59. The molecule has 7 nitrogen and oxygen atoms in total. The smallest absolute Gasteiger partial charge is 0.182 e. The summed E-state index contributed by atoms with van der Waals surface area (Å²) in [5.74, 6) is 1.03. The summed E-state index contributed by atoms with van der Waals surface area (Å²) < 4.78 is 30.3. The standard InChI is InChI=1S/C13H18N4O3S/c1-4-15-13-11(21(3,18)19)12(14)17(16-13)9-5-7-10(20-2)8-6-9/h5-8H,4,14H2,1-3H3,(H,15,16). The Morgan fingerprint density at radius 2 is 1.95 bits per heavy atom. The molecule has 0 aliphatic carbocycles. The Morgan fingerprint density at radius 3 is 2.43 bits per heavy atom. The van der Waals surface area contributed by atoms with Crippen molar-refractivity contribution in [3.8, 4) is 11.4 Å². The van der Waals surface area contributed by atoms with Crippen LogP contribution in [-0.4, -0.2) is 38.1 Å². The highest BCUT2D eigenvalue weighted by atomic mass is 32.2. The van der Waals surface area contributed by atoms with Crippen molar-refractivity contribution in [1.82, 2.24) is 9.78 Å². The summed E-state index contributed by atoms with van der Waals surface area (Å²) in [7, 11) is -1.91. The van der Waals surface area contributed by atoms with E-state index in [1.54, 1.807) is 31.4 Å². The summed E-state index contributed by atoms with van der Waals surface area (Å²) in [5.41, 5.74) is 6.63. The summed E-state index contributed by atoms with van der Waals surface area (Å²) in [6, 6.07) is 7.01. The number of aromatic nitrogens is 2. The van der Waals surface area contributed by atoms with Crippen LogP contribution in [0.1, 0.15) is 6.92 Å². The fourth-order valence-electron chi connectivity index (χ4n) is 1.99. The van der Waals surface area contributed by atoms with Gasteiger partial charge in [-0.25, -0.2) is 13.1 Å². The number of sulfone groups is 1. The summed E-state index contributed by atoms with van der Waals surface area (Å²) in [6.45, 7) is 2.40. The summed E-state index contributed by atoms with van der Waals surface area (Å²) in [4.78, 5) is 0.0140. The molecule has 1 aromatic carbocycles. The van der Waals surface area contributed by atoms with Gasteiger partial charge in [0.2, 0.25) is 0 Å². The van der Waals surface area contributed by atoms with Gasteiger partial charge in [-0.3, -0.25) is 0 Å². The molecule has 2 aromatic rings. The number of anilines is 2. The van der Waals surface area contributed by atoms with Crippen molar-refractivity contribution in [2.75, 3.05) is 31.0 Å². The normalized spacial score (nSPS) is 11.4. The minimum atomic E-state index is -3.48. The molecular formula is C13H18N4O3S. The lowest BCUT2D eigenvalue weighted by Crippen LogP contribution is -2.06. The third-order valence-electron chi connectivity index (χ3n) is 2.91. The zero-order chi connectivity index (χ0) is 15.6. The molecular weight excluding hydrogens is 292 g/mol. The van der Waals surface area contributed by atoms with Crippen LogP contribution < -0.4 is 15.8 Å². The number of nitrogens with two attached hydrogens (primary N) is 1. The molecule has 8 heteroatoms. The van der Waals surface area contributed by atoms with Crippen LogP contribution >= 0.6 is 0 Å². The fraction of sp³-hybridized carbons (Fsp3) is 0.308. The Labute approximate surface area is 123 Å². The van der Waals surface area contributed by atoms with Crippen LogP contribution in [0.3, 0.4) is 0 Å². The van der Waals surface area contributed by atoms with Crippen LogP contribution in [0, 0.1) is 0 Å². The number of rotatable bonds is 5. The maximum Gasteiger partial charge on any atom is 0.182 e. The molecule has 0 saturated carbocycles. The van der Waals surface area contributed by atoms with Crippen molar-refractivity contribution < 1.29 is 13.2 Å². The minimum Gasteiger partial charge on any atom is -0.497 e. The van der Waals surface area contributed by atoms with Crippen LogP contribution in [0.4, 0.5) is 11.6 Å². The lowest BCUT2D eigenvalue weighted by Gasteiger charge is -2.05. The fourth-order valence-corrected chi connectivity index (χ4v) is 2.92. The molecule has 1 aromatic heterocycles. The lowest BCUT2D eigenvalue weighted by atomic mass is 10.3. The lowest BCUT2D eigenvalue weighted by molar-refractivity contribution is 0.414. The Bertz CT molecular complexity index is 736. The van der Waals surface area contributed by atoms with E-state index in [9.17, 15) is 8.42 Å². The van der Waals surface area contributed by atoms with Crippen LogP contribution in [0.25, 0.3) is 5.69 Å². The van der Waals surface area contributed by atoms with Crippen molar-refractivity contribution in [2.24, 2.45) is 0 Å². The SMILES string of the molecule is CCNc1nn(-c2ccc(OC)cc2)c(N)c1S(C)(=O)=O. The number of benzene rings is 1. The summed E-state index contributed by atoms with van der Waals surface area (Å²) >= 11 is 0. The largest absolute Gasteiger partial charge is 0.497 e. The molecule has 0 unspecified atom stereocenters. The van der Waals surface area contributed by atoms with E-state index in [0.29, 0.717) is 18.0 Å². The number of nitrogens with zero attached hydrogens (tertiary/aromatic N) is 2. The van der Waals surface area contributed by atoms with E-state index in [1.807, 2.05) is 6.92 Å². The van der Waals surface area contributed by atoms with Crippen molar-refractivity contribution in [1.29, 1.82) is 0 Å². The predicted octanol–water partition coefficient (Wildman–Crippen LogP) is 1.30. The Hall–Kier alpha value is -2.22. The van der Waals surface area contributed by atoms with Crippen LogP contribution in [-0.2, 0) is 9.84 Å². The topological polar surface area (TPSA) is 99.2 Å². The first-order valence-corrected chi connectivity index (χ1v) is 8.24. The number of nitrogens with one attached hydrogen (secondary N) is 1. The molecule has 0 saturated heterocycles. The molecule has 0 fully saturated rings. The third kappa shape index (κ3) is 2.94. The van der Waals surface area contributed by atoms with Gasteiger partial charge in [-0.1, -0.05) is 0 Å². The van der Waals surface area contributed by atoms with Gasteiger partial charge >= 0.3 is 0 Å². The van der Waals surface area contributed by atoms with Crippen molar-refractivity contribution in [3.63, 3.8) is 0 Å². The molecule has 0 amide bonds. The van der Waals surface area contributed by atoms with E-state index in [2.05, 4.69) is 10.4 Å². The van der Waals surface area contributed by atoms with E-state index in [-0.39, 0.29) is 16.5 Å². The van der Waals surface area contributed by atoms with E-state index < -0.39 is 9.84 Å². The van der Waals surface area contributed by atoms with E-state index >= 15 is 0 Å². The average Bonchev–Trinajstić information content (AvgIpc) is 2.76. The molecule has 0 atom stereocenters. The van der Waals surface area contributed by atoms with Gasteiger partial charge in [0, 0.05) is 12.8 Å². The van der Waals surface area contributed by atoms with E-state index in [0.717, 1.165) is 6.26 Å². The second-order valence-electron chi connectivity index (χ2n) is 4.48. The number of nitrogen functional groups attached to an aromatic ring is 1. The number of hydrogen-bond acceptors (Lipinski definition) is 6. The van der Waals surface area contributed by atoms with Gasteiger partial charge in [0.05, 0.1) is 12.8 Å². The average molecular weight is 310 g/mol. The highest BCUT2D eigenvalue weighted by Gasteiger charge is 2.24. The van der Waals surface area contributed by atoms with Gasteiger partial charge in [-0.2, -0.15) is 0 Å². The first-order valence-electron chi connectivity index (χ1n) is 6.35.